The molecule has 0 fully saturated rings. The predicted octanol–water partition coefficient (Wildman–Crippen LogP) is 3.68. The molecular formula is C12H10F3NO2. The number of hydrogen-bond donors (Lipinski definition) is 0. The molecule has 0 atom stereocenters. The molecule has 0 unspecified atom stereocenters. The Balaban J connectivity index is 2.52. The number of methoxy groups -OCH3 is 1. The van der Waals surface area contributed by atoms with Gasteiger partial charge >= 0.3 is 6.18 Å². The molecule has 1 aromatic heterocycles. The van der Waals surface area contributed by atoms with Gasteiger partial charge in [0.25, 0.3) is 0 Å². The monoisotopic (exact) mass is 257 g/mol. The van der Waals surface area contributed by atoms with Gasteiger partial charge in [-0.25, -0.2) is 4.98 Å². The van der Waals surface area contributed by atoms with Gasteiger partial charge in [0.2, 0.25) is 5.89 Å². The van der Waals surface area contributed by atoms with Crippen molar-refractivity contribution < 1.29 is 22.3 Å². The summed E-state index contributed by atoms with van der Waals surface area (Å²) in [5.41, 5.74) is -0.588. The molecule has 0 aliphatic carbocycles. The van der Waals surface area contributed by atoms with Crippen LogP contribution in [0.25, 0.3) is 11.5 Å². The van der Waals surface area contributed by atoms with E-state index in [-0.39, 0.29) is 17.2 Å². The molecule has 6 heteroatoms. The van der Waals surface area contributed by atoms with Crippen molar-refractivity contribution in [2.45, 2.75) is 13.1 Å². The summed E-state index contributed by atoms with van der Waals surface area (Å²) in [6.07, 6.45) is -3.03. The summed E-state index contributed by atoms with van der Waals surface area (Å²) < 4.78 is 48.3. The van der Waals surface area contributed by atoms with E-state index in [4.69, 9.17) is 9.15 Å². The molecule has 96 valence electrons. The number of benzene rings is 1. The van der Waals surface area contributed by atoms with Crippen LogP contribution in [0.4, 0.5) is 13.2 Å². The van der Waals surface area contributed by atoms with E-state index in [1.807, 2.05) is 0 Å². The van der Waals surface area contributed by atoms with Crippen molar-refractivity contribution >= 4 is 0 Å². The lowest BCUT2D eigenvalue weighted by molar-refractivity contribution is -0.138. The van der Waals surface area contributed by atoms with E-state index < -0.39 is 11.7 Å². The highest BCUT2D eigenvalue weighted by Crippen LogP contribution is 2.38. The SMILES string of the molecule is COc1ccc(-c2ncc(C)o2)cc1C(F)(F)F. The lowest BCUT2D eigenvalue weighted by atomic mass is 10.1. The van der Waals surface area contributed by atoms with Gasteiger partial charge in [-0.3, -0.25) is 0 Å². The van der Waals surface area contributed by atoms with E-state index >= 15 is 0 Å². The van der Waals surface area contributed by atoms with Gasteiger partial charge < -0.3 is 9.15 Å². The fourth-order valence-electron chi connectivity index (χ4n) is 1.55. The largest absolute Gasteiger partial charge is 0.496 e. The van der Waals surface area contributed by atoms with Gasteiger partial charge in [0.05, 0.1) is 18.9 Å². The zero-order chi connectivity index (χ0) is 13.3. The summed E-state index contributed by atoms with van der Waals surface area (Å²) in [5.74, 6) is 0.463. The van der Waals surface area contributed by atoms with E-state index in [9.17, 15) is 13.2 Å². The normalized spacial score (nSPS) is 11.6. The molecule has 0 radical (unpaired) electrons. The van der Waals surface area contributed by atoms with Crippen LogP contribution in [-0.4, -0.2) is 12.1 Å². The van der Waals surface area contributed by atoms with Crippen LogP contribution in [0.1, 0.15) is 11.3 Å². The van der Waals surface area contributed by atoms with Crippen LogP contribution < -0.4 is 4.74 Å². The maximum atomic E-state index is 12.8. The first kappa shape index (κ1) is 12.5. The second-order valence-electron chi connectivity index (χ2n) is 3.69. The number of hydrogen-bond acceptors (Lipinski definition) is 3. The molecule has 3 nitrogen and oxygen atoms in total. The Hall–Kier alpha value is -1.98. The summed E-state index contributed by atoms with van der Waals surface area (Å²) in [7, 11) is 1.19. The Morgan fingerprint density at radius 2 is 2.00 bits per heavy atom. The average Bonchev–Trinajstić information content (AvgIpc) is 2.74. The molecule has 0 saturated heterocycles. The third kappa shape index (κ3) is 2.32. The zero-order valence-corrected chi connectivity index (χ0v) is 9.71. The highest BCUT2D eigenvalue weighted by atomic mass is 19.4. The fourth-order valence-corrected chi connectivity index (χ4v) is 1.55. The first-order valence-corrected chi connectivity index (χ1v) is 5.10. The number of rotatable bonds is 2. The molecule has 0 amide bonds. The van der Waals surface area contributed by atoms with Crippen molar-refractivity contribution in [1.82, 2.24) is 4.98 Å². The molecule has 1 aromatic carbocycles. The Morgan fingerprint density at radius 1 is 1.28 bits per heavy atom. The third-order valence-corrected chi connectivity index (χ3v) is 2.37. The summed E-state index contributed by atoms with van der Waals surface area (Å²) >= 11 is 0. The topological polar surface area (TPSA) is 35.3 Å². The van der Waals surface area contributed by atoms with Crippen LogP contribution in [0, 0.1) is 6.92 Å². The Kier molecular flexibility index (Phi) is 3.02. The van der Waals surface area contributed by atoms with E-state index in [0.717, 1.165) is 6.07 Å². The lowest BCUT2D eigenvalue weighted by Crippen LogP contribution is -2.07. The second kappa shape index (κ2) is 4.36. The van der Waals surface area contributed by atoms with E-state index in [0.29, 0.717) is 5.76 Å². The minimum atomic E-state index is -4.48. The van der Waals surface area contributed by atoms with Crippen LogP contribution in [0.15, 0.2) is 28.8 Å². The van der Waals surface area contributed by atoms with Crippen molar-refractivity contribution in [3.8, 4) is 17.2 Å². The first-order chi connectivity index (χ1) is 8.41. The highest BCUT2D eigenvalue weighted by molar-refractivity contribution is 5.58. The van der Waals surface area contributed by atoms with Crippen LogP contribution in [0.5, 0.6) is 5.75 Å². The van der Waals surface area contributed by atoms with Gasteiger partial charge in [0.1, 0.15) is 11.5 Å². The molecule has 0 saturated carbocycles. The number of ether oxygens (including phenoxy) is 1. The summed E-state index contributed by atoms with van der Waals surface area (Å²) in [6, 6.07) is 3.68. The number of alkyl halides is 3. The van der Waals surface area contributed by atoms with Crippen LogP contribution >= 0.6 is 0 Å². The van der Waals surface area contributed by atoms with Gasteiger partial charge in [-0.2, -0.15) is 13.2 Å². The maximum Gasteiger partial charge on any atom is 0.419 e. The third-order valence-electron chi connectivity index (χ3n) is 2.37. The van der Waals surface area contributed by atoms with Crippen LogP contribution in [-0.2, 0) is 6.18 Å². The zero-order valence-electron chi connectivity index (χ0n) is 9.71. The van der Waals surface area contributed by atoms with Gasteiger partial charge in [-0.15, -0.1) is 0 Å². The van der Waals surface area contributed by atoms with E-state index in [1.165, 1.54) is 25.4 Å². The fraction of sp³-hybridized carbons (Fsp3) is 0.250. The molecule has 1 heterocycles. The molecule has 0 bridgehead atoms. The molecule has 18 heavy (non-hydrogen) atoms. The van der Waals surface area contributed by atoms with Crippen molar-refractivity contribution in [2.75, 3.05) is 7.11 Å². The van der Waals surface area contributed by atoms with Crippen molar-refractivity contribution in [1.29, 1.82) is 0 Å². The molecule has 0 N–H and O–H groups in total. The lowest BCUT2D eigenvalue weighted by Gasteiger charge is -2.12. The second-order valence-corrected chi connectivity index (χ2v) is 3.69. The van der Waals surface area contributed by atoms with Gasteiger partial charge in [0.15, 0.2) is 0 Å². The molecule has 0 spiro atoms. The van der Waals surface area contributed by atoms with Gasteiger partial charge in [0, 0.05) is 5.56 Å². The summed E-state index contributed by atoms with van der Waals surface area (Å²) in [6.45, 7) is 1.67. The van der Waals surface area contributed by atoms with Gasteiger partial charge in [-0.05, 0) is 25.1 Å². The Labute approximate surface area is 101 Å². The summed E-state index contributed by atoms with van der Waals surface area (Å²) in [4.78, 5) is 3.89. The van der Waals surface area contributed by atoms with Crippen LogP contribution in [0.2, 0.25) is 0 Å². The number of aromatic nitrogens is 1. The number of halogens is 3. The van der Waals surface area contributed by atoms with E-state index in [1.54, 1.807) is 6.92 Å². The smallest absolute Gasteiger partial charge is 0.419 e. The minimum Gasteiger partial charge on any atom is -0.496 e. The first-order valence-electron chi connectivity index (χ1n) is 5.10. The summed E-state index contributed by atoms with van der Waals surface area (Å²) in [5, 5.41) is 0. The Bertz CT molecular complexity index is 561. The van der Waals surface area contributed by atoms with Crippen molar-refractivity contribution in [2.24, 2.45) is 0 Å². The maximum absolute atomic E-state index is 12.8. The van der Waals surface area contributed by atoms with Gasteiger partial charge in [-0.1, -0.05) is 0 Å². The van der Waals surface area contributed by atoms with Crippen molar-refractivity contribution in [3.63, 3.8) is 0 Å². The highest BCUT2D eigenvalue weighted by Gasteiger charge is 2.34. The molecule has 0 aliphatic rings. The molecule has 2 aromatic rings. The predicted molar refractivity (Wildman–Crippen MR) is 58.2 cm³/mol. The van der Waals surface area contributed by atoms with Crippen LogP contribution in [0.3, 0.4) is 0 Å². The number of oxazole rings is 1. The number of nitrogens with zero attached hydrogens (tertiary/aromatic N) is 1. The molecule has 0 aliphatic heterocycles. The quantitative estimate of drug-likeness (QED) is 0.823. The van der Waals surface area contributed by atoms with E-state index in [2.05, 4.69) is 4.98 Å². The minimum absolute atomic E-state index is 0.153. The molecule has 2 rings (SSSR count). The average molecular weight is 257 g/mol. The standard InChI is InChI=1S/C12H10F3NO2/c1-7-6-16-11(18-7)8-3-4-10(17-2)9(5-8)12(13,14)15/h3-6H,1-2H3. The molecular weight excluding hydrogens is 247 g/mol. The van der Waals surface area contributed by atoms with Crippen molar-refractivity contribution in [3.05, 3.63) is 35.7 Å². The Morgan fingerprint density at radius 3 is 2.50 bits per heavy atom. The number of aryl methyl sites for hydroxylation is 1.